The Bertz CT molecular complexity index is 475. The Morgan fingerprint density at radius 3 is 2.47 bits per heavy atom. The van der Waals surface area contributed by atoms with Crippen LogP contribution in [0.15, 0.2) is 54.9 Å². The van der Waals surface area contributed by atoms with Crippen molar-refractivity contribution in [1.29, 1.82) is 0 Å². The highest BCUT2D eigenvalue weighted by Crippen LogP contribution is 2.23. The smallest absolute Gasteiger partial charge is 0.0930 e. The lowest BCUT2D eigenvalue weighted by Crippen LogP contribution is -2.06. The van der Waals surface area contributed by atoms with Crippen molar-refractivity contribution in [2.24, 2.45) is 5.73 Å². The molecule has 0 radical (unpaired) electrons. The molecule has 0 saturated carbocycles. The maximum Gasteiger partial charge on any atom is 0.0930 e. The molecule has 0 aliphatic carbocycles. The average Bonchev–Trinajstić information content (AvgIpc) is 2.18. The van der Waals surface area contributed by atoms with Gasteiger partial charge in [0.15, 0.2) is 0 Å². The van der Waals surface area contributed by atoms with Crippen LogP contribution in [-0.4, -0.2) is 0 Å². The second-order valence-corrected chi connectivity index (χ2v) is 3.18. The number of hydrogen-bond acceptors (Lipinski definition) is 2. The summed E-state index contributed by atoms with van der Waals surface area (Å²) >= 11 is 0. The third kappa shape index (κ3) is 2.42. The Morgan fingerprint density at radius 2 is 1.73 bits per heavy atom. The summed E-state index contributed by atoms with van der Waals surface area (Å²) in [5.41, 5.74) is 6.51. The van der Waals surface area contributed by atoms with Gasteiger partial charge in [-0.05, 0) is 11.5 Å². The zero-order valence-electron chi connectivity index (χ0n) is 8.23. The highest BCUT2D eigenvalue weighted by Gasteiger charge is 1.98. The van der Waals surface area contributed by atoms with E-state index in [0.717, 1.165) is 11.1 Å². The van der Waals surface area contributed by atoms with Crippen LogP contribution in [-0.2, 0) is 0 Å². The number of halogens is 1. The summed E-state index contributed by atoms with van der Waals surface area (Å²) in [6, 6.07) is 14.2. The van der Waals surface area contributed by atoms with Crippen LogP contribution in [0.2, 0.25) is 0 Å². The first kappa shape index (κ1) is 11.4. The zero-order valence-corrected chi connectivity index (χ0v) is 9.05. The van der Waals surface area contributed by atoms with Crippen LogP contribution in [0.4, 0.5) is 5.69 Å². The number of hydrogen-bond donors (Lipinski definition) is 2. The second-order valence-electron chi connectivity index (χ2n) is 3.18. The van der Waals surface area contributed by atoms with E-state index in [1.54, 1.807) is 0 Å². The van der Waals surface area contributed by atoms with Crippen LogP contribution in [0, 0.1) is 0 Å². The molecule has 0 unspecified atom stereocenters. The molecule has 0 fully saturated rings. The van der Waals surface area contributed by atoms with Crippen LogP contribution in [0.1, 0.15) is 0 Å². The first-order valence-corrected chi connectivity index (χ1v) is 4.46. The van der Waals surface area contributed by atoms with Crippen molar-refractivity contribution in [1.82, 2.24) is 0 Å². The Kier molecular flexibility index (Phi) is 3.58. The van der Waals surface area contributed by atoms with Gasteiger partial charge in [-0.1, -0.05) is 43.0 Å². The standard InChI is InChI=1S/C12H12N2.ClH/c1-9(13)14-12-8-4-6-10-5-2-3-7-11(10)12;/h2-8,14H,1,13H2;1H. The molecule has 0 aliphatic heterocycles. The van der Waals surface area contributed by atoms with Gasteiger partial charge in [-0.25, -0.2) is 0 Å². The molecule has 0 spiro atoms. The Hall–Kier alpha value is -1.67. The van der Waals surface area contributed by atoms with Crippen molar-refractivity contribution < 1.29 is 0 Å². The number of benzene rings is 2. The van der Waals surface area contributed by atoms with Crippen molar-refractivity contribution in [3.63, 3.8) is 0 Å². The van der Waals surface area contributed by atoms with Gasteiger partial charge in [-0.15, -0.1) is 12.4 Å². The van der Waals surface area contributed by atoms with Gasteiger partial charge < -0.3 is 11.1 Å². The maximum absolute atomic E-state index is 5.51. The van der Waals surface area contributed by atoms with E-state index in [2.05, 4.69) is 30.1 Å². The van der Waals surface area contributed by atoms with E-state index in [1.165, 1.54) is 5.39 Å². The van der Waals surface area contributed by atoms with Crippen LogP contribution < -0.4 is 11.1 Å². The minimum atomic E-state index is 0. The highest BCUT2D eigenvalue weighted by atomic mass is 35.5. The topological polar surface area (TPSA) is 38.0 Å². The van der Waals surface area contributed by atoms with Crippen molar-refractivity contribution in [3.05, 3.63) is 54.9 Å². The van der Waals surface area contributed by atoms with Crippen molar-refractivity contribution in [2.75, 3.05) is 5.32 Å². The Labute approximate surface area is 95.2 Å². The molecule has 2 nitrogen and oxygen atoms in total. The summed E-state index contributed by atoms with van der Waals surface area (Å²) in [6.45, 7) is 3.62. The Morgan fingerprint density at radius 1 is 1.07 bits per heavy atom. The van der Waals surface area contributed by atoms with Gasteiger partial charge in [0, 0.05) is 11.1 Å². The predicted molar refractivity (Wildman–Crippen MR) is 68.1 cm³/mol. The molecule has 0 bridgehead atoms. The summed E-state index contributed by atoms with van der Waals surface area (Å²) in [4.78, 5) is 0. The van der Waals surface area contributed by atoms with E-state index in [1.807, 2.05) is 24.3 Å². The lowest BCUT2D eigenvalue weighted by Gasteiger charge is -2.08. The van der Waals surface area contributed by atoms with Crippen molar-refractivity contribution >= 4 is 28.9 Å². The molecule has 78 valence electrons. The maximum atomic E-state index is 5.51. The summed E-state index contributed by atoms with van der Waals surface area (Å²) in [6.07, 6.45) is 0. The summed E-state index contributed by atoms with van der Waals surface area (Å²) in [5, 5.41) is 5.38. The molecule has 0 heterocycles. The first-order chi connectivity index (χ1) is 6.77. The number of anilines is 1. The fraction of sp³-hybridized carbons (Fsp3) is 0. The summed E-state index contributed by atoms with van der Waals surface area (Å²) in [7, 11) is 0. The third-order valence-corrected chi connectivity index (χ3v) is 2.08. The lowest BCUT2D eigenvalue weighted by molar-refractivity contribution is 1.34. The van der Waals surface area contributed by atoms with Gasteiger partial charge in [0.1, 0.15) is 0 Å². The number of nitrogens with one attached hydrogen (secondary N) is 1. The molecular weight excluding hydrogens is 208 g/mol. The van der Waals surface area contributed by atoms with Gasteiger partial charge >= 0.3 is 0 Å². The summed E-state index contributed by atoms with van der Waals surface area (Å²) < 4.78 is 0. The largest absolute Gasteiger partial charge is 0.386 e. The summed E-state index contributed by atoms with van der Waals surface area (Å²) in [5.74, 6) is 0.460. The van der Waals surface area contributed by atoms with Crippen LogP contribution in [0.5, 0.6) is 0 Å². The van der Waals surface area contributed by atoms with Crippen molar-refractivity contribution in [2.45, 2.75) is 0 Å². The second kappa shape index (κ2) is 4.71. The van der Waals surface area contributed by atoms with Gasteiger partial charge in [-0.2, -0.15) is 0 Å². The molecule has 0 saturated heterocycles. The molecule has 0 amide bonds. The lowest BCUT2D eigenvalue weighted by atomic mass is 10.1. The zero-order chi connectivity index (χ0) is 9.97. The van der Waals surface area contributed by atoms with E-state index in [-0.39, 0.29) is 12.4 Å². The third-order valence-electron chi connectivity index (χ3n) is 2.08. The van der Waals surface area contributed by atoms with Gasteiger partial charge in [0.05, 0.1) is 5.82 Å². The molecule has 0 aliphatic rings. The van der Waals surface area contributed by atoms with Crippen LogP contribution in [0.3, 0.4) is 0 Å². The Balaban J connectivity index is 0.00000112. The molecule has 3 heteroatoms. The fourth-order valence-corrected chi connectivity index (χ4v) is 1.51. The number of fused-ring (bicyclic) bond motifs is 1. The number of nitrogens with two attached hydrogens (primary N) is 1. The van der Waals surface area contributed by atoms with E-state index >= 15 is 0 Å². The van der Waals surface area contributed by atoms with Gasteiger partial charge in [0.2, 0.25) is 0 Å². The normalized spacial score (nSPS) is 9.33. The minimum absolute atomic E-state index is 0. The van der Waals surface area contributed by atoms with E-state index in [9.17, 15) is 0 Å². The molecular formula is C12H13ClN2. The first-order valence-electron chi connectivity index (χ1n) is 4.46. The molecule has 3 N–H and O–H groups in total. The van der Waals surface area contributed by atoms with Crippen LogP contribution in [0.25, 0.3) is 10.8 Å². The molecule has 2 aromatic rings. The molecule has 15 heavy (non-hydrogen) atoms. The van der Waals surface area contributed by atoms with Gasteiger partial charge in [-0.3, -0.25) is 0 Å². The molecule has 0 atom stereocenters. The van der Waals surface area contributed by atoms with Crippen molar-refractivity contribution in [3.8, 4) is 0 Å². The highest BCUT2D eigenvalue weighted by molar-refractivity contribution is 5.94. The van der Waals surface area contributed by atoms with Gasteiger partial charge in [0.25, 0.3) is 0 Å². The number of rotatable bonds is 2. The molecule has 2 rings (SSSR count). The van der Waals surface area contributed by atoms with E-state index in [4.69, 9.17) is 5.73 Å². The average molecular weight is 221 g/mol. The van der Waals surface area contributed by atoms with E-state index in [0.29, 0.717) is 5.82 Å². The molecule has 0 aromatic heterocycles. The molecule has 2 aromatic carbocycles. The van der Waals surface area contributed by atoms with Crippen LogP contribution >= 0.6 is 12.4 Å². The SMILES string of the molecule is C=C(N)Nc1cccc2ccccc12.Cl. The fourth-order valence-electron chi connectivity index (χ4n) is 1.51. The van der Waals surface area contributed by atoms with E-state index < -0.39 is 0 Å². The quantitative estimate of drug-likeness (QED) is 0.816. The monoisotopic (exact) mass is 220 g/mol. The minimum Gasteiger partial charge on any atom is -0.386 e. The predicted octanol–water partition coefficient (Wildman–Crippen LogP) is 3.10.